The molecule has 0 spiro atoms. The number of nitrogens with one attached hydrogen (secondary N) is 1. The van der Waals surface area contributed by atoms with Crippen LogP contribution in [0.5, 0.6) is 0 Å². The molecule has 0 saturated heterocycles. The van der Waals surface area contributed by atoms with E-state index in [0.717, 1.165) is 12.2 Å². The van der Waals surface area contributed by atoms with Gasteiger partial charge in [0.1, 0.15) is 11.3 Å². The first-order valence-corrected chi connectivity index (χ1v) is 10.2. The lowest BCUT2D eigenvalue weighted by Gasteiger charge is -2.11. The lowest BCUT2D eigenvalue weighted by Crippen LogP contribution is -2.37. The number of aryl methyl sites for hydroxylation is 1. The Morgan fingerprint density at radius 2 is 1.73 bits per heavy atom. The molecule has 4 rings (SSSR count). The lowest BCUT2D eigenvalue weighted by molar-refractivity contribution is 0.626. The quantitative estimate of drug-likeness (QED) is 0.280. The Balaban J connectivity index is 1.69. The van der Waals surface area contributed by atoms with Crippen molar-refractivity contribution < 1.29 is 4.39 Å². The van der Waals surface area contributed by atoms with Crippen LogP contribution in [-0.2, 0) is 13.0 Å². The molecule has 0 radical (unpaired) electrons. The first-order valence-electron chi connectivity index (χ1n) is 9.23. The van der Waals surface area contributed by atoms with Gasteiger partial charge in [0.2, 0.25) is 0 Å². The molecule has 2 heterocycles. The van der Waals surface area contributed by atoms with Crippen LogP contribution in [0, 0.1) is 5.82 Å². The number of halogens is 1. The third kappa shape index (κ3) is 4.25. The summed E-state index contributed by atoms with van der Waals surface area (Å²) in [5.41, 5.74) is 6.75. The summed E-state index contributed by atoms with van der Waals surface area (Å²) in [5, 5.41) is 0.412. The predicted molar refractivity (Wildman–Crippen MR) is 115 cm³/mol. The summed E-state index contributed by atoms with van der Waals surface area (Å²) in [6.45, 7) is 0.0596. The largest absolute Gasteiger partial charge is 0.382 e. The number of rotatable bonds is 6. The number of thioether (sulfide) groups is 1. The molecule has 0 fully saturated rings. The fourth-order valence-electron chi connectivity index (χ4n) is 3.03. The van der Waals surface area contributed by atoms with Gasteiger partial charge in [-0.2, -0.15) is 0 Å². The Bertz CT molecular complexity index is 1300. The predicted octanol–water partition coefficient (Wildman–Crippen LogP) is 2.58. The topological polar surface area (TPSA) is 107 Å². The zero-order chi connectivity index (χ0) is 21.1. The van der Waals surface area contributed by atoms with E-state index in [1.165, 1.54) is 34.0 Å². The van der Waals surface area contributed by atoms with Gasteiger partial charge in [0, 0.05) is 5.75 Å². The van der Waals surface area contributed by atoms with Crippen LogP contribution in [0.2, 0.25) is 0 Å². The first-order chi connectivity index (χ1) is 14.5. The SMILES string of the molecule is Nc1nc(SCCc2ccccc2)nc2c1[nH]c(=O)c(=O)n2Cc1ccc(F)cc1. The number of nitrogen functional groups attached to an aromatic ring is 1. The summed E-state index contributed by atoms with van der Waals surface area (Å²) in [5.74, 6) is 0.429. The van der Waals surface area contributed by atoms with Crippen LogP contribution < -0.4 is 16.9 Å². The van der Waals surface area contributed by atoms with Crippen molar-refractivity contribution in [3.63, 3.8) is 0 Å². The zero-order valence-corrected chi connectivity index (χ0v) is 16.7. The number of nitrogens with zero attached hydrogens (tertiary/aromatic N) is 3. The van der Waals surface area contributed by atoms with Crippen LogP contribution >= 0.6 is 11.8 Å². The Kier molecular flexibility index (Phi) is 5.62. The fourth-order valence-corrected chi connectivity index (χ4v) is 3.87. The summed E-state index contributed by atoms with van der Waals surface area (Å²) in [4.78, 5) is 35.8. The minimum atomic E-state index is -0.815. The van der Waals surface area contributed by atoms with Gasteiger partial charge in [-0.15, -0.1) is 0 Å². The van der Waals surface area contributed by atoms with Crippen molar-refractivity contribution in [3.05, 3.63) is 92.2 Å². The molecule has 2 aromatic carbocycles. The van der Waals surface area contributed by atoms with Crippen LogP contribution in [0.1, 0.15) is 11.1 Å². The average Bonchev–Trinajstić information content (AvgIpc) is 2.74. The summed E-state index contributed by atoms with van der Waals surface area (Å²) < 4.78 is 14.4. The Morgan fingerprint density at radius 3 is 2.47 bits per heavy atom. The third-order valence-electron chi connectivity index (χ3n) is 4.55. The maximum atomic E-state index is 13.2. The van der Waals surface area contributed by atoms with Gasteiger partial charge < -0.3 is 10.7 Å². The Labute approximate surface area is 174 Å². The number of fused-ring (bicyclic) bond motifs is 1. The molecule has 4 aromatic rings. The van der Waals surface area contributed by atoms with Gasteiger partial charge in [-0.1, -0.05) is 54.2 Å². The van der Waals surface area contributed by atoms with Gasteiger partial charge in [0.05, 0.1) is 6.54 Å². The number of hydrogen-bond acceptors (Lipinski definition) is 6. The molecule has 2 aromatic heterocycles. The minimum Gasteiger partial charge on any atom is -0.382 e. The average molecular weight is 423 g/mol. The first kappa shape index (κ1) is 19.8. The summed E-state index contributed by atoms with van der Waals surface area (Å²) in [7, 11) is 0. The van der Waals surface area contributed by atoms with E-state index in [4.69, 9.17) is 5.73 Å². The van der Waals surface area contributed by atoms with Crippen molar-refractivity contribution >= 4 is 28.7 Å². The van der Waals surface area contributed by atoms with Crippen LogP contribution in [0.4, 0.5) is 10.2 Å². The zero-order valence-electron chi connectivity index (χ0n) is 15.8. The smallest absolute Gasteiger partial charge is 0.318 e. The van der Waals surface area contributed by atoms with Gasteiger partial charge >= 0.3 is 11.1 Å². The van der Waals surface area contributed by atoms with Gasteiger partial charge in [0.25, 0.3) is 0 Å². The Hall–Kier alpha value is -3.46. The van der Waals surface area contributed by atoms with Crippen LogP contribution in [0.25, 0.3) is 11.2 Å². The lowest BCUT2D eigenvalue weighted by atomic mass is 10.2. The second kappa shape index (κ2) is 8.50. The van der Waals surface area contributed by atoms with E-state index >= 15 is 0 Å². The van der Waals surface area contributed by atoms with E-state index in [1.54, 1.807) is 12.1 Å². The molecule has 0 bridgehead atoms. The van der Waals surface area contributed by atoms with E-state index < -0.39 is 11.1 Å². The van der Waals surface area contributed by atoms with Crippen LogP contribution in [-0.4, -0.2) is 25.3 Å². The molecule has 9 heteroatoms. The second-order valence-corrected chi connectivity index (χ2v) is 7.71. The van der Waals surface area contributed by atoms with Crippen molar-refractivity contribution in [1.82, 2.24) is 19.5 Å². The van der Waals surface area contributed by atoms with E-state index in [0.29, 0.717) is 10.7 Å². The van der Waals surface area contributed by atoms with Crippen molar-refractivity contribution in [2.24, 2.45) is 0 Å². The molecule has 0 aliphatic rings. The van der Waals surface area contributed by atoms with Crippen molar-refractivity contribution in [1.29, 1.82) is 0 Å². The normalized spacial score (nSPS) is 11.1. The summed E-state index contributed by atoms with van der Waals surface area (Å²) in [6.07, 6.45) is 0.820. The van der Waals surface area contributed by atoms with Gasteiger partial charge in [0.15, 0.2) is 16.6 Å². The highest BCUT2D eigenvalue weighted by atomic mass is 32.2. The fraction of sp³-hybridized carbons (Fsp3) is 0.143. The van der Waals surface area contributed by atoms with Crippen molar-refractivity contribution in [2.75, 3.05) is 11.5 Å². The standard InChI is InChI=1S/C21H18FN5O2S/c22-15-8-6-14(7-9-15)12-27-18-16(24-19(28)20(27)29)17(23)25-21(26-18)30-11-10-13-4-2-1-3-5-13/h1-9H,10-12H2,(H,24,28)(H2,23,25,26). The molecule has 0 unspecified atom stereocenters. The van der Waals surface area contributed by atoms with Crippen LogP contribution in [0.15, 0.2) is 69.3 Å². The summed E-state index contributed by atoms with van der Waals surface area (Å²) in [6, 6.07) is 15.7. The molecule has 30 heavy (non-hydrogen) atoms. The van der Waals surface area contributed by atoms with E-state index in [9.17, 15) is 14.0 Å². The number of benzene rings is 2. The number of anilines is 1. The van der Waals surface area contributed by atoms with Gasteiger partial charge in [-0.05, 0) is 29.7 Å². The molecule has 152 valence electrons. The highest BCUT2D eigenvalue weighted by Gasteiger charge is 2.15. The van der Waals surface area contributed by atoms with Crippen molar-refractivity contribution in [3.8, 4) is 0 Å². The molecule has 0 aliphatic heterocycles. The molecule has 3 N–H and O–H groups in total. The Morgan fingerprint density at radius 1 is 1.00 bits per heavy atom. The van der Waals surface area contributed by atoms with Crippen molar-refractivity contribution in [2.45, 2.75) is 18.1 Å². The maximum Gasteiger partial charge on any atom is 0.318 e. The van der Waals surface area contributed by atoms with Gasteiger partial charge in [-0.3, -0.25) is 14.2 Å². The maximum absolute atomic E-state index is 13.2. The van der Waals surface area contributed by atoms with E-state index in [-0.39, 0.29) is 29.3 Å². The highest BCUT2D eigenvalue weighted by molar-refractivity contribution is 7.99. The van der Waals surface area contributed by atoms with E-state index in [1.807, 2.05) is 30.3 Å². The van der Waals surface area contributed by atoms with E-state index in [2.05, 4.69) is 15.0 Å². The molecule has 0 saturated carbocycles. The monoisotopic (exact) mass is 423 g/mol. The molecule has 7 nitrogen and oxygen atoms in total. The highest BCUT2D eigenvalue weighted by Crippen LogP contribution is 2.21. The number of nitrogens with two attached hydrogens (primary N) is 1. The van der Waals surface area contributed by atoms with Gasteiger partial charge in [-0.25, -0.2) is 14.4 Å². The second-order valence-electron chi connectivity index (χ2n) is 6.65. The number of hydrogen-bond donors (Lipinski definition) is 2. The molecular formula is C21H18FN5O2S. The number of H-pyrrole nitrogens is 1. The molecular weight excluding hydrogens is 405 g/mol. The third-order valence-corrected chi connectivity index (χ3v) is 5.40. The van der Waals surface area contributed by atoms with Crippen LogP contribution in [0.3, 0.4) is 0 Å². The molecule has 0 aliphatic carbocycles. The number of aromatic nitrogens is 4. The summed E-state index contributed by atoms with van der Waals surface area (Å²) >= 11 is 1.41. The molecule has 0 atom stereocenters. The minimum absolute atomic E-state index is 0.0596. The number of aromatic amines is 1. The molecule has 0 amide bonds.